The first-order chi connectivity index (χ1) is 15.9. The number of carbonyl (C=O) groups is 3. The van der Waals surface area contributed by atoms with Crippen LogP contribution < -0.4 is 10.6 Å². The number of carbonyl (C=O) groups excluding carboxylic acids is 2. The molecule has 1 aromatic heterocycles. The highest BCUT2D eigenvalue weighted by atomic mass is 32.2. The van der Waals surface area contributed by atoms with Gasteiger partial charge in [0.15, 0.2) is 0 Å². The summed E-state index contributed by atoms with van der Waals surface area (Å²) in [4.78, 5) is 41.7. The van der Waals surface area contributed by atoms with Gasteiger partial charge in [-0.05, 0) is 50.6 Å². The van der Waals surface area contributed by atoms with E-state index in [2.05, 4.69) is 15.6 Å². The molecule has 0 aliphatic carbocycles. The van der Waals surface area contributed by atoms with Crippen molar-refractivity contribution < 1.29 is 27.9 Å². The molecule has 0 bridgehead atoms. The van der Waals surface area contributed by atoms with Crippen molar-refractivity contribution in [3.63, 3.8) is 0 Å². The number of aromatic nitrogens is 1. The van der Waals surface area contributed by atoms with Crippen molar-refractivity contribution in [2.75, 3.05) is 5.32 Å². The Hall–Kier alpha value is -3.57. The Morgan fingerprint density at radius 3 is 2.56 bits per heavy atom. The van der Waals surface area contributed by atoms with Crippen LogP contribution in [-0.2, 0) is 26.6 Å². The Balaban J connectivity index is 1.61. The molecule has 2 amide bonds. The number of nitrogens with one attached hydrogen (secondary N) is 2. The lowest BCUT2D eigenvalue weighted by molar-refractivity contribution is -0.142. The fourth-order valence-electron chi connectivity index (χ4n) is 3.53. The number of benzene rings is 2. The third-order valence-electron chi connectivity index (χ3n) is 5.67. The maximum atomic E-state index is 13.2. The Morgan fingerprint density at radius 1 is 1.15 bits per heavy atom. The van der Waals surface area contributed by atoms with Gasteiger partial charge in [0.25, 0.3) is 11.8 Å². The average molecular weight is 500 g/mol. The molecule has 0 unspecified atom stereocenters. The number of aliphatic carboxylic acids is 1. The molecule has 9 nitrogen and oxygen atoms in total. The number of anilines is 1. The number of nitrogens with zero attached hydrogens (tertiary/aromatic N) is 1. The average Bonchev–Trinajstić information content (AvgIpc) is 3.25. The number of rotatable bonds is 5. The number of thiazole rings is 1. The summed E-state index contributed by atoms with van der Waals surface area (Å²) in [6.45, 7) is 4.78. The van der Waals surface area contributed by atoms with E-state index in [1.807, 2.05) is 0 Å². The van der Waals surface area contributed by atoms with E-state index in [9.17, 15) is 27.9 Å². The molecular weight excluding hydrogens is 478 g/mol. The summed E-state index contributed by atoms with van der Waals surface area (Å²) in [5.74, 6) is -2.05. The minimum atomic E-state index is -3.98. The van der Waals surface area contributed by atoms with Crippen molar-refractivity contribution >= 4 is 44.6 Å². The highest BCUT2D eigenvalue weighted by Gasteiger charge is 2.34. The van der Waals surface area contributed by atoms with E-state index >= 15 is 0 Å². The van der Waals surface area contributed by atoms with E-state index in [-0.39, 0.29) is 33.2 Å². The molecule has 2 heterocycles. The molecule has 0 radical (unpaired) electrons. The van der Waals surface area contributed by atoms with Gasteiger partial charge >= 0.3 is 5.97 Å². The molecule has 3 aromatic rings. The van der Waals surface area contributed by atoms with Gasteiger partial charge in [0.05, 0.1) is 27.6 Å². The minimum Gasteiger partial charge on any atom is -0.481 e. The van der Waals surface area contributed by atoms with Crippen LogP contribution in [0, 0.1) is 6.92 Å². The van der Waals surface area contributed by atoms with E-state index in [0.29, 0.717) is 15.4 Å². The first kappa shape index (κ1) is 23.6. The van der Waals surface area contributed by atoms with Crippen LogP contribution in [0.1, 0.15) is 50.0 Å². The zero-order valence-electron chi connectivity index (χ0n) is 18.5. The fraction of sp³-hybridized carbons (Fsp3) is 0.217. The number of carboxylic acid groups (broad SMARTS) is 1. The van der Waals surface area contributed by atoms with Crippen LogP contribution in [0.15, 0.2) is 52.4 Å². The van der Waals surface area contributed by atoms with Gasteiger partial charge < -0.3 is 15.7 Å². The van der Waals surface area contributed by atoms with Crippen LogP contribution in [0.3, 0.4) is 0 Å². The lowest BCUT2D eigenvalue weighted by atomic mass is 9.95. The van der Waals surface area contributed by atoms with Gasteiger partial charge in [0.1, 0.15) is 10.4 Å². The SMILES string of the molecule is Cc1c(C(=O)NCc2cnc(C(C)(C)C(=O)O)s2)ccc2c1NC(=O)c1ccccc1S2(=O)=O. The lowest BCUT2D eigenvalue weighted by Gasteiger charge is -2.15. The van der Waals surface area contributed by atoms with Gasteiger partial charge in [-0.3, -0.25) is 14.4 Å². The third-order valence-corrected chi connectivity index (χ3v) is 8.84. The molecule has 176 valence electrons. The van der Waals surface area contributed by atoms with Crippen LogP contribution in [0.2, 0.25) is 0 Å². The zero-order chi connectivity index (χ0) is 24.8. The van der Waals surface area contributed by atoms with Gasteiger partial charge in [-0.2, -0.15) is 0 Å². The first-order valence-corrected chi connectivity index (χ1v) is 12.5. The molecule has 0 saturated heterocycles. The van der Waals surface area contributed by atoms with E-state index < -0.39 is 33.0 Å². The van der Waals surface area contributed by atoms with E-state index in [1.54, 1.807) is 32.9 Å². The number of amides is 2. The van der Waals surface area contributed by atoms with Crippen LogP contribution in [-0.4, -0.2) is 36.3 Å². The number of sulfone groups is 1. The summed E-state index contributed by atoms with van der Waals surface area (Å²) in [5, 5.41) is 15.2. The van der Waals surface area contributed by atoms with Gasteiger partial charge in [-0.15, -0.1) is 11.3 Å². The predicted molar refractivity (Wildman–Crippen MR) is 125 cm³/mol. The molecule has 1 aliphatic heterocycles. The van der Waals surface area contributed by atoms with Crippen LogP contribution in [0.4, 0.5) is 5.69 Å². The maximum Gasteiger partial charge on any atom is 0.316 e. The minimum absolute atomic E-state index is 0.0365. The smallest absolute Gasteiger partial charge is 0.316 e. The van der Waals surface area contributed by atoms with Crippen LogP contribution in [0.25, 0.3) is 0 Å². The standard InChI is InChI=1S/C23H21N3O6S2/c1-12-14(19(27)24-10-13-11-25-21(33-13)23(2,3)22(29)30)8-9-17-18(12)26-20(28)15-6-4-5-7-16(15)34(17,31)32/h4-9,11H,10H2,1-3H3,(H,24,27)(H,26,28)(H,29,30). The fourth-order valence-corrected chi connectivity index (χ4v) is 6.14. The summed E-state index contributed by atoms with van der Waals surface area (Å²) in [5.41, 5.74) is -0.527. The normalized spacial score (nSPS) is 14.4. The number of fused-ring (bicyclic) bond motifs is 2. The topological polar surface area (TPSA) is 143 Å². The number of hydrogen-bond donors (Lipinski definition) is 3. The molecule has 0 fully saturated rings. The quantitative estimate of drug-likeness (QED) is 0.489. The van der Waals surface area contributed by atoms with Crippen molar-refractivity contribution in [3.8, 4) is 0 Å². The van der Waals surface area contributed by atoms with E-state index in [4.69, 9.17) is 0 Å². The molecule has 1 aliphatic rings. The zero-order valence-corrected chi connectivity index (χ0v) is 20.1. The Morgan fingerprint density at radius 2 is 1.85 bits per heavy atom. The Labute approximate surface area is 199 Å². The van der Waals surface area contributed by atoms with Crippen molar-refractivity contribution in [1.29, 1.82) is 0 Å². The predicted octanol–water partition coefficient (Wildman–Crippen LogP) is 3.14. The van der Waals surface area contributed by atoms with Gasteiger partial charge in [-0.1, -0.05) is 12.1 Å². The van der Waals surface area contributed by atoms with E-state index in [0.717, 1.165) is 0 Å². The van der Waals surface area contributed by atoms with Crippen LogP contribution in [0.5, 0.6) is 0 Å². The van der Waals surface area contributed by atoms with Crippen molar-refractivity contribution in [1.82, 2.24) is 10.3 Å². The molecule has 3 N–H and O–H groups in total. The summed E-state index contributed by atoms with van der Waals surface area (Å²) in [7, 11) is -3.98. The summed E-state index contributed by atoms with van der Waals surface area (Å²) < 4.78 is 26.4. The number of carboxylic acids is 1. The van der Waals surface area contributed by atoms with E-state index in [1.165, 1.54) is 41.8 Å². The first-order valence-electron chi connectivity index (χ1n) is 10.2. The van der Waals surface area contributed by atoms with Gasteiger partial charge in [0, 0.05) is 16.6 Å². The molecular formula is C23H21N3O6S2. The van der Waals surface area contributed by atoms with Crippen molar-refractivity contribution in [2.45, 2.75) is 42.5 Å². The lowest BCUT2D eigenvalue weighted by Crippen LogP contribution is -2.28. The molecule has 34 heavy (non-hydrogen) atoms. The molecule has 0 spiro atoms. The molecule has 0 saturated carbocycles. The van der Waals surface area contributed by atoms with Gasteiger partial charge in [0.2, 0.25) is 9.84 Å². The molecule has 0 atom stereocenters. The monoisotopic (exact) mass is 499 g/mol. The molecule has 4 rings (SSSR count). The molecule has 11 heteroatoms. The van der Waals surface area contributed by atoms with Gasteiger partial charge in [-0.25, -0.2) is 13.4 Å². The summed E-state index contributed by atoms with van der Waals surface area (Å²) >= 11 is 1.19. The van der Waals surface area contributed by atoms with Crippen molar-refractivity contribution in [2.24, 2.45) is 0 Å². The Kier molecular flexibility index (Phi) is 5.78. The van der Waals surface area contributed by atoms with Crippen molar-refractivity contribution in [3.05, 3.63) is 69.2 Å². The summed E-state index contributed by atoms with van der Waals surface area (Å²) in [6, 6.07) is 8.67. The highest BCUT2D eigenvalue weighted by molar-refractivity contribution is 7.91. The summed E-state index contributed by atoms with van der Waals surface area (Å²) in [6.07, 6.45) is 1.51. The maximum absolute atomic E-state index is 13.2. The second-order valence-corrected chi connectivity index (χ2v) is 11.3. The molecule has 2 aromatic carbocycles. The van der Waals surface area contributed by atoms with Crippen LogP contribution >= 0.6 is 11.3 Å². The second-order valence-electron chi connectivity index (χ2n) is 8.31. The number of hydrogen-bond acceptors (Lipinski definition) is 7. The third kappa shape index (κ3) is 3.86. The second kappa shape index (κ2) is 8.33. The largest absolute Gasteiger partial charge is 0.481 e. The highest BCUT2D eigenvalue weighted by Crippen LogP contribution is 2.36. The Bertz CT molecular complexity index is 1460.